The number of methoxy groups -OCH3 is 1. The summed E-state index contributed by atoms with van der Waals surface area (Å²) in [6.07, 6.45) is -0.769. The van der Waals surface area contributed by atoms with E-state index in [2.05, 4.69) is 0 Å². The molecule has 0 aliphatic heterocycles. The molecule has 0 unspecified atom stereocenters. The monoisotopic (exact) mass is 411 g/mol. The average molecular weight is 411 g/mol. The van der Waals surface area contributed by atoms with Gasteiger partial charge in [0, 0.05) is 5.56 Å². The summed E-state index contributed by atoms with van der Waals surface area (Å²) >= 11 is 0. The number of carbonyl (C=O) groups excluding carboxylic acids is 3. The van der Waals surface area contributed by atoms with Gasteiger partial charge in [0.2, 0.25) is 0 Å². The third-order valence-electron chi connectivity index (χ3n) is 3.64. The van der Waals surface area contributed by atoms with Crippen LogP contribution in [0.5, 0.6) is 11.5 Å². The highest BCUT2D eigenvalue weighted by atomic mass is 19.2. The van der Waals surface area contributed by atoms with E-state index in [9.17, 15) is 27.6 Å². The van der Waals surface area contributed by atoms with Crippen molar-refractivity contribution in [1.82, 2.24) is 0 Å². The molecule has 1 amide bonds. The van der Waals surface area contributed by atoms with Crippen molar-refractivity contribution in [2.24, 2.45) is 0 Å². The van der Waals surface area contributed by atoms with Gasteiger partial charge in [-0.05, 0) is 37.3 Å². The minimum Gasteiger partial charge on any atom is -0.493 e. The number of amides is 1. The van der Waals surface area contributed by atoms with E-state index in [4.69, 9.17) is 14.2 Å². The van der Waals surface area contributed by atoms with Gasteiger partial charge in [0.15, 0.2) is 41.7 Å². The minimum absolute atomic E-state index is 0.163. The van der Waals surface area contributed by atoms with Crippen molar-refractivity contribution in [3.8, 4) is 11.5 Å². The Morgan fingerprint density at radius 1 is 1.10 bits per heavy atom. The van der Waals surface area contributed by atoms with Gasteiger partial charge in [0.1, 0.15) is 6.29 Å². The van der Waals surface area contributed by atoms with Crippen molar-refractivity contribution in [3.05, 3.63) is 53.3 Å². The number of ether oxygens (including phenoxy) is 3. The van der Waals surface area contributed by atoms with E-state index in [1.165, 1.54) is 32.2 Å². The van der Waals surface area contributed by atoms with E-state index in [1.54, 1.807) is 0 Å². The number of hydrogen-bond acceptors (Lipinski definition) is 6. The number of benzene rings is 2. The van der Waals surface area contributed by atoms with Crippen molar-refractivity contribution in [2.75, 3.05) is 19.0 Å². The third-order valence-corrected chi connectivity index (χ3v) is 3.64. The van der Waals surface area contributed by atoms with E-state index < -0.39 is 47.7 Å². The summed E-state index contributed by atoms with van der Waals surface area (Å²) in [5, 5.41) is 2.00. The molecule has 0 saturated carbocycles. The largest absolute Gasteiger partial charge is 0.493 e. The van der Waals surface area contributed by atoms with Crippen LogP contribution in [0.1, 0.15) is 17.3 Å². The highest BCUT2D eigenvalue weighted by Crippen LogP contribution is 2.27. The number of rotatable bonds is 8. The van der Waals surface area contributed by atoms with Crippen molar-refractivity contribution in [3.63, 3.8) is 0 Å². The lowest BCUT2D eigenvalue weighted by molar-refractivity contribution is -0.155. The number of halogens is 3. The smallest absolute Gasteiger partial charge is 0.344 e. The summed E-state index contributed by atoms with van der Waals surface area (Å²) in [4.78, 5) is 34.6. The van der Waals surface area contributed by atoms with Crippen molar-refractivity contribution in [2.45, 2.75) is 13.0 Å². The van der Waals surface area contributed by atoms with E-state index >= 15 is 0 Å². The van der Waals surface area contributed by atoms with Crippen molar-refractivity contribution >= 4 is 23.9 Å². The molecular weight excluding hydrogens is 395 g/mol. The van der Waals surface area contributed by atoms with E-state index in [0.29, 0.717) is 17.9 Å². The summed E-state index contributed by atoms with van der Waals surface area (Å²) in [6, 6.07) is 5.74. The first-order valence-electron chi connectivity index (χ1n) is 8.16. The molecule has 0 spiro atoms. The van der Waals surface area contributed by atoms with Gasteiger partial charge < -0.3 is 19.5 Å². The van der Waals surface area contributed by atoms with Gasteiger partial charge in [0.25, 0.3) is 5.91 Å². The van der Waals surface area contributed by atoms with Crippen LogP contribution in [0.4, 0.5) is 18.9 Å². The van der Waals surface area contributed by atoms with Crippen LogP contribution in [0, 0.1) is 17.5 Å². The van der Waals surface area contributed by atoms with E-state index in [0.717, 1.165) is 6.07 Å². The Hall–Kier alpha value is -3.56. The van der Waals surface area contributed by atoms with Crippen molar-refractivity contribution in [1.29, 1.82) is 0 Å². The molecule has 0 aromatic heterocycles. The Morgan fingerprint density at radius 3 is 2.48 bits per heavy atom. The molecule has 0 aliphatic carbocycles. The minimum atomic E-state index is -1.74. The molecule has 0 aliphatic rings. The highest BCUT2D eigenvalue weighted by Gasteiger charge is 2.21. The predicted octanol–water partition coefficient (Wildman–Crippen LogP) is 2.87. The molecule has 2 aromatic carbocycles. The molecule has 1 atom stereocenters. The predicted molar refractivity (Wildman–Crippen MR) is 94.4 cm³/mol. The van der Waals surface area contributed by atoms with Crippen LogP contribution in [0.15, 0.2) is 30.3 Å². The maximum Gasteiger partial charge on any atom is 0.344 e. The van der Waals surface area contributed by atoms with Gasteiger partial charge in [-0.15, -0.1) is 0 Å². The average Bonchev–Trinajstić information content (AvgIpc) is 2.72. The SMILES string of the molecule is COc1cc(C=O)ccc1OCC(=O)O[C@@H](C)C(=O)Nc1ccc(F)c(F)c1F. The van der Waals surface area contributed by atoms with Crippen LogP contribution >= 0.6 is 0 Å². The Balaban J connectivity index is 1.93. The second-order valence-corrected chi connectivity index (χ2v) is 5.66. The lowest BCUT2D eigenvalue weighted by Crippen LogP contribution is -2.32. The normalized spacial score (nSPS) is 11.3. The molecule has 7 nitrogen and oxygen atoms in total. The highest BCUT2D eigenvalue weighted by molar-refractivity contribution is 5.95. The number of aldehydes is 1. The lowest BCUT2D eigenvalue weighted by Gasteiger charge is -2.15. The molecule has 1 N–H and O–H groups in total. The molecule has 10 heteroatoms. The zero-order valence-corrected chi connectivity index (χ0v) is 15.3. The van der Waals surface area contributed by atoms with E-state index in [1.807, 2.05) is 5.32 Å². The van der Waals surface area contributed by atoms with Gasteiger partial charge in [-0.1, -0.05) is 0 Å². The van der Waals surface area contributed by atoms with Crippen LogP contribution < -0.4 is 14.8 Å². The van der Waals surface area contributed by atoms with Gasteiger partial charge >= 0.3 is 5.97 Å². The summed E-state index contributed by atoms with van der Waals surface area (Å²) in [5.74, 6) is -6.25. The summed E-state index contributed by atoms with van der Waals surface area (Å²) < 4.78 is 54.8. The van der Waals surface area contributed by atoms with Gasteiger partial charge in [-0.2, -0.15) is 0 Å². The second-order valence-electron chi connectivity index (χ2n) is 5.66. The second kappa shape index (κ2) is 9.58. The Labute approximate surface area is 163 Å². The molecular formula is C19H16F3NO6. The first kappa shape index (κ1) is 21.7. The van der Waals surface area contributed by atoms with Crippen LogP contribution in [0.2, 0.25) is 0 Å². The molecule has 0 saturated heterocycles. The Kier molecular flexibility index (Phi) is 7.18. The van der Waals surface area contributed by atoms with Crippen LogP contribution in [-0.4, -0.2) is 38.0 Å². The maximum atomic E-state index is 13.6. The van der Waals surface area contributed by atoms with Crippen LogP contribution in [0.3, 0.4) is 0 Å². The molecule has 0 heterocycles. The molecule has 154 valence electrons. The molecule has 2 aromatic rings. The standard InChI is InChI=1S/C19H16F3NO6/c1-10(19(26)23-13-5-4-12(20)17(21)18(13)22)29-16(25)9-28-14-6-3-11(8-24)7-15(14)27-2/h3-8,10H,9H2,1-2H3,(H,23,26)/t10-/m0/s1. The van der Waals surface area contributed by atoms with Crippen molar-refractivity contribution < 1.29 is 41.8 Å². The number of nitrogens with one attached hydrogen (secondary N) is 1. The van der Waals surface area contributed by atoms with Gasteiger partial charge in [-0.25, -0.2) is 18.0 Å². The van der Waals surface area contributed by atoms with Gasteiger partial charge in [0.05, 0.1) is 12.8 Å². The number of hydrogen-bond donors (Lipinski definition) is 1. The fourth-order valence-electron chi connectivity index (χ4n) is 2.15. The molecule has 0 bridgehead atoms. The fourth-order valence-corrected chi connectivity index (χ4v) is 2.15. The Morgan fingerprint density at radius 2 is 1.83 bits per heavy atom. The summed E-state index contributed by atoms with van der Waals surface area (Å²) in [7, 11) is 1.35. The zero-order chi connectivity index (χ0) is 21.6. The van der Waals surface area contributed by atoms with Crippen LogP contribution in [0.25, 0.3) is 0 Å². The molecule has 2 rings (SSSR count). The first-order chi connectivity index (χ1) is 13.8. The zero-order valence-electron chi connectivity index (χ0n) is 15.3. The number of carbonyl (C=O) groups is 3. The first-order valence-corrected chi connectivity index (χ1v) is 8.16. The van der Waals surface area contributed by atoms with E-state index in [-0.39, 0.29) is 11.5 Å². The Bertz CT molecular complexity index is 934. The molecule has 29 heavy (non-hydrogen) atoms. The molecule has 0 radical (unpaired) electrons. The third kappa shape index (κ3) is 5.47. The summed E-state index contributed by atoms with van der Waals surface area (Å²) in [5.41, 5.74) is -0.264. The fraction of sp³-hybridized carbons (Fsp3) is 0.211. The van der Waals surface area contributed by atoms with Crippen LogP contribution in [-0.2, 0) is 14.3 Å². The number of esters is 1. The number of anilines is 1. The lowest BCUT2D eigenvalue weighted by atomic mass is 10.2. The summed E-state index contributed by atoms with van der Waals surface area (Å²) in [6.45, 7) is 0.610. The topological polar surface area (TPSA) is 90.9 Å². The molecule has 0 fully saturated rings. The maximum absolute atomic E-state index is 13.6. The quantitative estimate of drug-likeness (QED) is 0.408. The van der Waals surface area contributed by atoms with Gasteiger partial charge in [-0.3, -0.25) is 9.59 Å².